The number of imidazole rings is 1. The number of hydrogen-bond donors (Lipinski definition) is 1. The first-order valence-corrected chi connectivity index (χ1v) is 7.12. The molecule has 5 nitrogen and oxygen atoms in total. The van der Waals surface area contributed by atoms with Crippen molar-refractivity contribution in [2.75, 3.05) is 6.61 Å². The molecule has 22 heavy (non-hydrogen) atoms. The molecule has 3 aromatic rings. The number of nitrogens with one attached hydrogen (secondary N) is 1. The van der Waals surface area contributed by atoms with Gasteiger partial charge in [0, 0.05) is 36.1 Å². The fourth-order valence-electron chi connectivity index (χ4n) is 2.62. The Bertz CT molecular complexity index is 810. The molecule has 3 heterocycles. The Morgan fingerprint density at radius 1 is 1.14 bits per heavy atom. The molecule has 0 fully saturated rings. The van der Waals surface area contributed by atoms with Crippen LogP contribution in [0.1, 0.15) is 17.7 Å². The van der Waals surface area contributed by atoms with E-state index in [1.54, 1.807) is 6.33 Å². The van der Waals surface area contributed by atoms with Gasteiger partial charge in [-0.3, -0.25) is 0 Å². The quantitative estimate of drug-likeness (QED) is 0.787. The lowest BCUT2D eigenvalue weighted by atomic mass is 9.95. The van der Waals surface area contributed by atoms with Crippen LogP contribution in [0.3, 0.4) is 0 Å². The fraction of sp³-hybridized carbons (Fsp3) is 0.118. The van der Waals surface area contributed by atoms with Gasteiger partial charge in [0.25, 0.3) is 0 Å². The van der Waals surface area contributed by atoms with Gasteiger partial charge in [-0.25, -0.2) is 15.0 Å². The predicted molar refractivity (Wildman–Crippen MR) is 84.0 cm³/mol. The molecule has 1 aliphatic rings. The number of H-pyrrole nitrogens is 1. The molecule has 0 saturated heterocycles. The zero-order valence-corrected chi connectivity index (χ0v) is 11.9. The second kappa shape index (κ2) is 5.44. The second-order valence-electron chi connectivity index (χ2n) is 5.10. The standard InChI is InChI=1S/C17H14N4O/c1-2-17-16(6-12(1)14-7-18-10-19-8-14)13(3-4-22-17)5-15-9-20-11-21-15/h1-2,5-11H,3-4H2,(H,20,21)/b13-5-. The molecule has 0 spiro atoms. The van der Waals surface area contributed by atoms with Crippen molar-refractivity contribution in [3.8, 4) is 16.9 Å². The molecule has 0 saturated carbocycles. The summed E-state index contributed by atoms with van der Waals surface area (Å²) >= 11 is 0. The molecule has 0 unspecified atom stereocenters. The molecule has 1 aliphatic heterocycles. The third kappa shape index (κ3) is 2.37. The molecule has 5 heteroatoms. The number of fused-ring (bicyclic) bond motifs is 1. The molecule has 0 bridgehead atoms. The highest BCUT2D eigenvalue weighted by Crippen LogP contribution is 2.36. The summed E-state index contributed by atoms with van der Waals surface area (Å²) in [5, 5.41) is 0. The van der Waals surface area contributed by atoms with Crippen LogP contribution in [0.25, 0.3) is 22.8 Å². The maximum absolute atomic E-state index is 5.76. The van der Waals surface area contributed by atoms with Crippen LogP contribution in [-0.2, 0) is 0 Å². The third-order valence-electron chi connectivity index (χ3n) is 3.69. The van der Waals surface area contributed by atoms with Crippen molar-refractivity contribution in [2.45, 2.75) is 6.42 Å². The van der Waals surface area contributed by atoms with Crippen LogP contribution in [0.5, 0.6) is 5.75 Å². The summed E-state index contributed by atoms with van der Waals surface area (Å²) in [6, 6.07) is 6.18. The molecule has 2 aromatic heterocycles. The Morgan fingerprint density at radius 3 is 2.86 bits per heavy atom. The largest absolute Gasteiger partial charge is 0.493 e. The Labute approximate surface area is 127 Å². The Morgan fingerprint density at radius 2 is 2.05 bits per heavy atom. The first-order chi connectivity index (χ1) is 10.9. The maximum atomic E-state index is 5.76. The highest BCUT2D eigenvalue weighted by Gasteiger charge is 2.16. The Balaban J connectivity index is 1.80. The van der Waals surface area contributed by atoms with E-state index in [4.69, 9.17) is 4.74 Å². The van der Waals surface area contributed by atoms with Crippen molar-refractivity contribution in [3.05, 3.63) is 60.7 Å². The van der Waals surface area contributed by atoms with Gasteiger partial charge in [0.2, 0.25) is 0 Å². The van der Waals surface area contributed by atoms with Crippen molar-refractivity contribution < 1.29 is 4.74 Å². The summed E-state index contributed by atoms with van der Waals surface area (Å²) in [5.74, 6) is 0.911. The van der Waals surface area contributed by atoms with Gasteiger partial charge in [0.15, 0.2) is 0 Å². The molecule has 0 amide bonds. The monoisotopic (exact) mass is 290 g/mol. The van der Waals surface area contributed by atoms with Gasteiger partial charge in [-0.1, -0.05) is 6.07 Å². The maximum Gasteiger partial charge on any atom is 0.126 e. The lowest BCUT2D eigenvalue weighted by molar-refractivity contribution is 0.317. The number of hydrogen-bond acceptors (Lipinski definition) is 4. The lowest BCUT2D eigenvalue weighted by Crippen LogP contribution is -2.07. The minimum Gasteiger partial charge on any atom is -0.493 e. The van der Waals surface area contributed by atoms with Crippen molar-refractivity contribution in [2.24, 2.45) is 0 Å². The SMILES string of the molecule is C(=C1\CCOc2ccc(-c3cncnc3)cc21)/c1c[nH]cn1. The molecule has 0 radical (unpaired) electrons. The number of rotatable bonds is 2. The van der Waals surface area contributed by atoms with E-state index in [-0.39, 0.29) is 0 Å². The molecule has 1 N–H and O–H groups in total. The van der Waals surface area contributed by atoms with Crippen LogP contribution in [-0.4, -0.2) is 26.5 Å². The van der Waals surface area contributed by atoms with E-state index >= 15 is 0 Å². The van der Waals surface area contributed by atoms with Crippen LogP contribution >= 0.6 is 0 Å². The number of benzene rings is 1. The number of ether oxygens (including phenoxy) is 1. The molecule has 4 rings (SSSR count). The second-order valence-corrected chi connectivity index (χ2v) is 5.10. The highest BCUT2D eigenvalue weighted by molar-refractivity contribution is 5.86. The van der Waals surface area contributed by atoms with Gasteiger partial charge in [-0.15, -0.1) is 0 Å². The van der Waals surface area contributed by atoms with Gasteiger partial charge in [0.1, 0.15) is 12.1 Å². The third-order valence-corrected chi connectivity index (χ3v) is 3.69. The minimum absolute atomic E-state index is 0.692. The van der Waals surface area contributed by atoms with Gasteiger partial charge >= 0.3 is 0 Å². The summed E-state index contributed by atoms with van der Waals surface area (Å²) < 4.78 is 5.76. The van der Waals surface area contributed by atoms with Gasteiger partial charge < -0.3 is 9.72 Å². The molecule has 0 aliphatic carbocycles. The summed E-state index contributed by atoms with van der Waals surface area (Å²) in [6.07, 6.45) is 11.7. The van der Waals surface area contributed by atoms with E-state index < -0.39 is 0 Å². The summed E-state index contributed by atoms with van der Waals surface area (Å²) in [7, 11) is 0. The summed E-state index contributed by atoms with van der Waals surface area (Å²) in [5.41, 5.74) is 5.34. The number of aromatic amines is 1. The molecular weight excluding hydrogens is 276 g/mol. The van der Waals surface area contributed by atoms with Crippen molar-refractivity contribution in [3.63, 3.8) is 0 Å². The van der Waals surface area contributed by atoms with Crippen molar-refractivity contribution in [1.82, 2.24) is 19.9 Å². The van der Waals surface area contributed by atoms with Crippen LogP contribution in [0, 0.1) is 0 Å². The molecule has 0 atom stereocenters. The lowest BCUT2D eigenvalue weighted by Gasteiger charge is -2.21. The average Bonchev–Trinajstić information content (AvgIpc) is 3.09. The first-order valence-electron chi connectivity index (χ1n) is 7.12. The van der Waals surface area contributed by atoms with E-state index in [1.165, 1.54) is 11.9 Å². The molecular formula is C17H14N4O. The van der Waals surface area contributed by atoms with Crippen molar-refractivity contribution in [1.29, 1.82) is 0 Å². The molecule has 1 aromatic carbocycles. The normalized spacial score (nSPS) is 15.4. The number of aromatic nitrogens is 4. The van der Waals surface area contributed by atoms with Crippen LogP contribution in [0.2, 0.25) is 0 Å². The van der Waals surface area contributed by atoms with Gasteiger partial charge in [-0.2, -0.15) is 0 Å². The van der Waals surface area contributed by atoms with E-state index in [1.807, 2.05) is 30.7 Å². The zero-order chi connectivity index (χ0) is 14.8. The van der Waals surface area contributed by atoms with Crippen LogP contribution in [0.4, 0.5) is 0 Å². The van der Waals surface area contributed by atoms with Gasteiger partial charge in [0.05, 0.1) is 18.6 Å². The summed E-state index contributed by atoms with van der Waals surface area (Å²) in [4.78, 5) is 15.4. The van der Waals surface area contributed by atoms with Crippen LogP contribution < -0.4 is 4.74 Å². The van der Waals surface area contributed by atoms with E-state index in [2.05, 4.69) is 32.1 Å². The zero-order valence-electron chi connectivity index (χ0n) is 11.9. The first kappa shape index (κ1) is 12.8. The summed E-state index contributed by atoms with van der Waals surface area (Å²) in [6.45, 7) is 0.692. The highest BCUT2D eigenvalue weighted by atomic mass is 16.5. The molecule has 108 valence electrons. The average molecular weight is 290 g/mol. The van der Waals surface area contributed by atoms with E-state index in [9.17, 15) is 0 Å². The smallest absolute Gasteiger partial charge is 0.126 e. The Kier molecular flexibility index (Phi) is 3.16. The van der Waals surface area contributed by atoms with E-state index in [0.29, 0.717) is 6.61 Å². The van der Waals surface area contributed by atoms with Crippen molar-refractivity contribution >= 4 is 11.6 Å². The van der Waals surface area contributed by atoms with E-state index in [0.717, 1.165) is 34.6 Å². The van der Waals surface area contributed by atoms with Crippen LogP contribution in [0.15, 0.2) is 49.4 Å². The number of nitrogens with zero attached hydrogens (tertiary/aromatic N) is 3. The minimum atomic E-state index is 0.692. The Hall–Kier alpha value is -2.95. The fourth-order valence-corrected chi connectivity index (χ4v) is 2.62. The van der Waals surface area contributed by atoms with Gasteiger partial charge in [-0.05, 0) is 29.3 Å². The topological polar surface area (TPSA) is 63.7 Å². The predicted octanol–water partition coefficient (Wildman–Crippen LogP) is 3.19.